The van der Waals surface area contributed by atoms with Crippen molar-refractivity contribution >= 4 is 33.8 Å². The second-order valence-corrected chi connectivity index (χ2v) is 7.29. The van der Waals surface area contributed by atoms with E-state index in [1.165, 1.54) is 23.8 Å². The first-order chi connectivity index (χ1) is 13.2. The van der Waals surface area contributed by atoms with Crippen molar-refractivity contribution in [1.82, 2.24) is 14.5 Å². The van der Waals surface area contributed by atoms with Crippen molar-refractivity contribution < 1.29 is 0 Å². The minimum Gasteiger partial charge on any atom is -0.398 e. The van der Waals surface area contributed by atoms with E-state index in [1.54, 1.807) is 0 Å². The van der Waals surface area contributed by atoms with E-state index in [4.69, 9.17) is 16.1 Å². The molecule has 27 heavy (non-hydrogen) atoms. The Morgan fingerprint density at radius 2 is 1.89 bits per heavy atom. The molecule has 0 amide bonds. The Kier molecular flexibility index (Phi) is 3.50. The molecule has 5 rings (SSSR count). The lowest BCUT2D eigenvalue weighted by Crippen LogP contribution is -2.09. The van der Waals surface area contributed by atoms with E-state index < -0.39 is 0 Å². The summed E-state index contributed by atoms with van der Waals surface area (Å²) in [4.78, 5) is 9.54. The highest BCUT2D eigenvalue weighted by molar-refractivity contribution is 6.05. The number of nitrogens with one attached hydrogen (secondary N) is 1. The highest BCUT2D eigenvalue weighted by atomic mass is 15.0. The van der Waals surface area contributed by atoms with Crippen LogP contribution in [0.25, 0.3) is 33.2 Å². The molecule has 1 aliphatic carbocycles. The summed E-state index contributed by atoms with van der Waals surface area (Å²) >= 11 is 0. The van der Waals surface area contributed by atoms with Gasteiger partial charge in [-0.25, -0.2) is 9.97 Å². The van der Waals surface area contributed by atoms with Crippen LogP contribution >= 0.6 is 0 Å². The number of imidazole rings is 1. The summed E-state index contributed by atoms with van der Waals surface area (Å²) in [6.07, 6.45) is 7.57. The average molecular weight is 355 g/mol. The number of benzene rings is 2. The number of aryl methyl sites for hydroxylation is 2. The first-order valence-electron chi connectivity index (χ1n) is 9.33. The van der Waals surface area contributed by atoms with Gasteiger partial charge in [0.1, 0.15) is 0 Å². The first-order valence-corrected chi connectivity index (χ1v) is 9.33. The van der Waals surface area contributed by atoms with Crippen molar-refractivity contribution in [2.24, 2.45) is 7.05 Å². The largest absolute Gasteiger partial charge is 0.398 e. The zero-order valence-corrected chi connectivity index (χ0v) is 15.3. The van der Waals surface area contributed by atoms with Crippen molar-refractivity contribution in [3.63, 3.8) is 0 Å². The topological polar surface area (TPSA) is 80.6 Å². The molecule has 3 N–H and O–H groups in total. The molecule has 0 bridgehead atoms. The number of anilines is 1. The molecule has 0 unspecified atom stereocenters. The molecule has 5 heteroatoms. The third-order valence-electron chi connectivity index (χ3n) is 5.69. The van der Waals surface area contributed by atoms with Crippen LogP contribution in [-0.2, 0) is 19.9 Å². The number of aromatic nitrogens is 3. The fourth-order valence-electron chi connectivity index (χ4n) is 4.34. The van der Waals surface area contributed by atoms with E-state index in [0.717, 1.165) is 58.0 Å². The van der Waals surface area contributed by atoms with Crippen molar-refractivity contribution in [2.75, 3.05) is 5.73 Å². The van der Waals surface area contributed by atoms with Crippen LogP contribution in [0.2, 0.25) is 0 Å². The highest BCUT2D eigenvalue weighted by Gasteiger charge is 2.21. The predicted molar refractivity (Wildman–Crippen MR) is 110 cm³/mol. The maximum absolute atomic E-state index is 7.85. The molecule has 2 heterocycles. The van der Waals surface area contributed by atoms with Gasteiger partial charge in [-0.05, 0) is 61.1 Å². The van der Waals surface area contributed by atoms with Crippen LogP contribution in [0.5, 0.6) is 0 Å². The highest BCUT2D eigenvalue weighted by Crippen LogP contribution is 2.37. The summed E-state index contributed by atoms with van der Waals surface area (Å²) in [5.74, 6) is 0. The molecule has 0 spiro atoms. The number of hydrogen-bond acceptors (Lipinski definition) is 4. The molecule has 0 aliphatic heterocycles. The van der Waals surface area contributed by atoms with Crippen LogP contribution in [0.4, 0.5) is 5.69 Å². The van der Waals surface area contributed by atoms with Gasteiger partial charge >= 0.3 is 0 Å². The average Bonchev–Trinajstić information content (AvgIpc) is 3.07. The zero-order chi connectivity index (χ0) is 18.5. The molecule has 0 radical (unpaired) electrons. The summed E-state index contributed by atoms with van der Waals surface area (Å²) in [6, 6.07) is 10.2. The van der Waals surface area contributed by atoms with Gasteiger partial charge in [-0.15, -0.1) is 0 Å². The van der Waals surface area contributed by atoms with Crippen LogP contribution in [-0.4, -0.2) is 20.7 Å². The maximum Gasteiger partial charge on any atom is 0.0955 e. The van der Waals surface area contributed by atoms with Crippen molar-refractivity contribution in [2.45, 2.75) is 25.7 Å². The van der Waals surface area contributed by atoms with E-state index in [9.17, 15) is 0 Å². The van der Waals surface area contributed by atoms with Crippen molar-refractivity contribution in [3.8, 4) is 11.3 Å². The fourth-order valence-corrected chi connectivity index (χ4v) is 4.34. The Balaban J connectivity index is 1.84. The number of hydrogen-bond donors (Lipinski definition) is 2. The Hall–Kier alpha value is -3.21. The van der Waals surface area contributed by atoms with E-state index in [-0.39, 0.29) is 0 Å². The molecule has 5 nitrogen and oxygen atoms in total. The Morgan fingerprint density at radius 1 is 1.07 bits per heavy atom. The van der Waals surface area contributed by atoms with Crippen LogP contribution in [0.3, 0.4) is 0 Å². The molecular formula is C22H21N5. The number of pyridine rings is 1. The van der Waals surface area contributed by atoms with E-state index >= 15 is 0 Å². The third kappa shape index (κ3) is 2.35. The van der Waals surface area contributed by atoms with Crippen molar-refractivity contribution in [1.29, 1.82) is 5.41 Å². The number of rotatable bonds is 2. The van der Waals surface area contributed by atoms with Gasteiger partial charge in [-0.2, -0.15) is 0 Å². The monoisotopic (exact) mass is 355 g/mol. The van der Waals surface area contributed by atoms with E-state index in [0.29, 0.717) is 5.69 Å². The van der Waals surface area contributed by atoms with Gasteiger partial charge in [0.25, 0.3) is 0 Å². The van der Waals surface area contributed by atoms with E-state index in [1.807, 2.05) is 30.1 Å². The number of nitrogens with zero attached hydrogens (tertiary/aromatic N) is 3. The normalized spacial score (nSPS) is 13.8. The number of fused-ring (bicyclic) bond motifs is 4. The van der Waals surface area contributed by atoms with Gasteiger partial charge in [0.05, 0.1) is 28.6 Å². The minimum atomic E-state index is 0.648. The van der Waals surface area contributed by atoms with Gasteiger partial charge in [0.15, 0.2) is 0 Å². The van der Waals surface area contributed by atoms with Crippen LogP contribution in [0.15, 0.2) is 36.7 Å². The second-order valence-electron chi connectivity index (χ2n) is 7.29. The van der Waals surface area contributed by atoms with Crippen molar-refractivity contribution in [3.05, 3.63) is 53.3 Å². The lowest BCUT2D eigenvalue weighted by Gasteiger charge is -2.22. The Morgan fingerprint density at radius 3 is 2.70 bits per heavy atom. The van der Waals surface area contributed by atoms with Crippen LogP contribution in [0.1, 0.15) is 29.5 Å². The molecule has 0 saturated heterocycles. The molecule has 2 aromatic carbocycles. The van der Waals surface area contributed by atoms with Crippen LogP contribution < -0.4 is 5.73 Å². The summed E-state index contributed by atoms with van der Waals surface area (Å²) in [6.45, 7) is 0. The maximum atomic E-state index is 7.85. The van der Waals surface area contributed by atoms with Gasteiger partial charge in [-0.3, -0.25) is 0 Å². The first kappa shape index (κ1) is 16.0. The molecule has 0 atom stereocenters. The summed E-state index contributed by atoms with van der Waals surface area (Å²) in [5, 5.41) is 8.91. The van der Waals surface area contributed by atoms with Gasteiger partial charge in [0, 0.05) is 35.5 Å². The van der Waals surface area contributed by atoms with Crippen LogP contribution in [0, 0.1) is 5.41 Å². The molecule has 2 aromatic heterocycles. The molecule has 1 aliphatic rings. The van der Waals surface area contributed by atoms with Gasteiger partial charge in [-0.1, -0.05) is 6.07 Å². The standard InChI is InChI=1S/C22H21N5/c1-27-12-25-19-10-13(6-9-20(19)27)22-15-5-3-2-4-14(15)21-16(11-23)17(24)7-8-18(21)26-22/h6-12,23H,2-5,24H2,1H3. The fraction of sp³-hybridized carbons (Fsp3) is 0.227. The lowest BCUT2D eigenvalue weighted by molar-refractivity contribution is 0.689. The third-order valence-corrected chi connectivity index (χ3v) is 5.69. The summed E-state index contributed by atoms with van der Waals surface area (Å²) in [7, 11) is 2.01. The lowest BCUT2D eigenvalue weighted by atomic mass is 9.85. The molecule has 134 valence electrons. The SMILES string of the molecule is Cn1cnc2cc(-c3nc4ccc(N)c(C=N)c4c4c3CCCC4)ccc21. The summed E-state index contributed by atoms with van der Waals surface area (Å²) < 4.78 is 2.03. The molecule has 0 fully saturated rings. The minimum absolute atomic E-state index is 0.648. The smallest absolute Gasteiger partial charge is 0.0955 e. The summed E-state index contributed by atoms with van der Waals surface area (Å²) in [5.41, 5.74) is 15.4. The molecule has 4 aromatic rings. The van der Waals surface area contributed by atoms with E-state index in [2.05, 4.69) is 23.2 Å². The second kappa shape index (κ2) is 5.91. The van der Waals surface area contributed by atoms with Gasteiger partial charge < -0.3 is 15.7 Å². The van der Waals surface area contributed by atoms with Gasteiger partial charge in [0.2, 0.25) is 0 Å². The quantitative estimate of drug-likeness (QED) is 0.417. The molecule has 0 saturated carbocycles. The zero-order valence-electron chi connectivity index (χ0n) is 15.3. The number of nitrogens with two attached hydrogens (primary N) is 1. The Labute approximate surface area is 157 Å². The molecular weight excluding hydrogens is 334 g/mol. The number of nitrogen functional groups attached to an aromatic ring is 1. The Bertz CT molecular complexity index is 1220. The predicted octanol–water partition coefficient (Wildman–Crippen LogP) is 4.25.